The lowest BCUT2D eigenvalue weighted by molar-refractivity contribution is 0.186. The van der Waals surface area contributed by atoms with Crippen LogP contribution in [0.25, 0.3) is 0 Å². The lowest BCUT2D eigenvalue weighted by Crippen LogP contribution is -2.13. The molecule has 0 saturated carbocycles. The molecule has 0 heterocycles. The van der Waals surface area contributed by atoms with Crippen LogP contribution < -0.4 is 5.73 Å². The molecule has 1 radical (unpaired) electrons. The van der Waals surface area contributed by atoms with Crippen LogP contribution in [0.4, 0.5) is 0 Å². The maximum atomic E-state index is 9.83. The summed E-state index contributed by atoms with van der Waals surface area (Å²) in [6, 6.07) is 6.88. The molecular weight excluding hydrogens is 178 g/mol. The first-order valence-electron chi connectivity index (χ1n) is 3.28. The molecule has 1 aromatic carbocycles. The van der Waals surface area contributed by atoms with E-state index in [0.717, 1.165) is 0 Å². The van der Waals surface area contributed by atoms with Gasteiger partial charge in [0.15, 0.2) is 6.23 Å². The Morgan fingerprint density at radius 3 is 2.75 bits per heavy atom. The maximum absolute atomic E-state index is 9.83. The fraction of sp³-hybridized carbons (Fsp3) is 0.125. The van der Waals surface area contributed by atoms with E-state index in [2.05, 4.69) is 4.74 Å². The zero-order chi connectivity index (χ0) is 8.97. The summed E-state index contributed by atoms with van der Waals surface area (Å²) in [7, 11) is 0. The van der Waals surface area contributed by atoms with Crippen molar-refractivity contribution in [1.29, 1.82) is 0 Å². The van der Waals surface area contributed by atoms with Crippen LogP contribution >= 0.6 is 11.6 Å². The van der Waals surface area contributed by atoms with Crippen LogP contribution in [-0.2, 0) is 9.53 Å². The molecule has 63 valence electrons. The van der Waals surface area contributed by atoms with Gasteiger partial charge in [-0.15, -0.1) is 0 Å². The second-order valence-electron chi connectivity index (χ2n) is 2.14. The fourth-order valence-electron chi connectivity index (χ4n) is 0.821. The van der Waals surface area contributed by atoms with Crippen LogP contribution in [0.2, 0.25) is 5.02 Å². The van der Waals surface area contributed by atoms with Crippen molar-refractivity contribution in [1.82, 2.24) is 0 Å². The quantitative estimate of drug-likeness (QED) is 0.723. The number of hydrogen-bond donors (Lipinski definition) is 1. The van der Waals surface area contributed by atoms with Crippen molar-refractivity contribution in [2.75, 3.05) is 0 Å². The summed E-state index contributed by atoms with van der Waals surface area (Å²) in [6.45, 7) is 1.26. The van der Waals surface area contributed by atoms with Crippen molar-refractivity contribution < 1.29 is 9.53 Å². The van der Waals surface area contributed by atoms with Gasteiger partial charge in [0.2, 0.25) is 0 Å². The fourth-order valence-corrected chi connectivity index (χ4v) is 1.06. The molecule has 1 unspecified atom stereocenters. The predicted octanol–water partition coefficient (Wildman–Crippen LogP) is 1.38. The Balaban J connectivity index is 2.86. The SMILES string of the molecule is NC(O[C]=O)c1ccccc1Cl. The zero-order valence-electron chi connectivity index (χ0n) is 6.16. The minimum atomic E-state index is -0.837. The molecule has 0 aromatic heterocycles. The van der Waals surface area contributed by atoms with Gasteiger partial charge in [0, 0.05) is 10.6 Å². The Hall–Kier alpha value is -1.06. The molecule has 0 spiro atoms. The molecule has 0 saturated heterocycles. The van der Waals surface area contributed by atoms with Crippen molar-refractivity contribution in [3.8, 4) is 0 Å². The van der Waals surface area contributed by atoms with Crippen molar-refractivity contribution in [3.63, 3.8) is 0 Å². The normalized spacial score (nSPS) is 12.2. The maximum Gasteiger partial charge on any atom is 0.419 e. The van der Waals surface area contributed by atoms with Crippen LogP contribution in [0.5, 0.6) is 0 Å². The van der Waals surface area contributed by atoms with Gasteiger partial charge in [-0.3, -0.25) is 5.73 Å². The van der Waals surface area contributed by atoms with Gasteiger partial charge in [-0.05, 0) is 6.07 Å². The van der Waals surface area contributed by atoms with E-state index in [1.807, 2.05) is 0 Å². The van der Waals surface area contributed by atoms with E-state index in [1.165, 1.54) is 6.47 Å². The van der Waals surface area contributed by atoms with Crippen LogP contribution in [0.15, 0.2) is 24.3 Å². The summed E-state index contributed by atoms with van der Waals surface area (Å²) in [5.41, 5.74) is 6.01. The average molecular weight is 185 g/mol. The molecule has 0 aliphatic heterocycles. The topological polar surface area (TPSA) is 52.3 Å². The van der Waals surface area contributed by atoms with Gasteiger partial charge >= 0.3 is 6.47 Å². The van der Waals surface area contributed by atoms with E-state index >= 15 is 0 Å². The summed E-state index contributed by atoms with van der Waals surface area (Å²) in [6.07, 6.45) is -0.837. The summed E-state index contributed by atoms with van der Waals surface area (Å²) < 4.78 is 4.40. The standard InChI is InChI=1S/C8H7ClNO2/c9-7-4-2-1-3-6(7)8(10)12-5-11/h1-4,8H,10H2. The first-order valence-corrected chi connectivity index (χ1v) is 3.66. The van der Waals surface area contributed by atoms with Crippen LogP contribution in [-0.4, -0.2) is 6.47 Å². The highest BCUT2D eigenvalue weighted by atomic mass is 35.5. The van der Waals surface area contributed by atoms with Gasteiger partial charge in [-0.1, -0.05) is 29.8 Å². The van der Waals surface area contributed by atoms with E-state index in [4.69, 9.17) is 17.3 Å². The first kappa shape index (κ1) is 9.03. The highest BCUT2D eigenvalue weighted by Crippen LogP contribution is 2.20. The zero-order valence-corrected chi connectivity index (χ0v) is 6.91. The van der Waals surface area contributed by atoms with Crippen LogP contribution in [0.1, 0.15) is 11.8 Å². The number of rotatable bonds is 3. The van der Waals surface area contributed by atoms with Crippen LogP contribution in [0, 0.1) is 0 Å². The number of halogens is 1. The molecule has 1 rings (SSSR count). The Morgan fingerprint density at radius 1 is 1.50 bits per heavy atom. The van der Waals surface area contributed by atoms with Crippen molar-refractivity contribution in [2.24, 2.45) is 5.73 Å². The Labute approximate surface area is 75.1 Å². The van der Waals surface area contributed by atoms with Gasteiger partial charge in [0.25, 0.3) is 0 Å². The van der Waals surface area contributed by atoms with Gasteiger partial charge in [-0.2, -0.15) is 0 Å². The third kappa shape index (κ3) is 1.96. The second-order valence-corrected chi connectivity index (χ2v) is 2.55. The lowest BCUT2D eigenvalue weighted by Gasteiger charge is -2.09. The molecule has 0 aliphatic rings. The van der Waals surface area contributed by atoms with E-state index in [0.29, 0.717) is 10.6 Å². The summed E-state index contributed by atoms with van der Waals surface area (Å²) in [4.78, 5) is 9.83. The molecular formula is C8H7ClNO2. The minimum absolute atomic E-state index is 0.472. The van der Waals surface area contributed by atoms with E-state index in [1.54, 1.807) is 24.3 Å². The number of hydrogen-bond acceptors (Lipinski definition) is 3. The first-order chi connectivity index (χ1) is 5.75. The average Bonchev–Trinajstić information content (AvgIpc) is 2.05. The Kier molecular flexibility index (Phi) is 3.08. The molecule has 0 fully saturated rings. The predicted molar refractivity (Wildman–Crippen MR) is 45.2 cm³/mol. The van der Waals surface area contributed by atoms with Crippen molar-refractivity contribution >= 4 is 18.1 Å². The largest absolute Gasteiger partial charge is 0.434 e. The molecule has 1 aromatic rings. The van der Waals surface area contributed by atoms with Gasteiger partial charge in [0.1, 0.15) is 0 Å². The van der Waals surface area contributed by atoms with E-state index in [9.17, 15) is 4.79 Å². The number of nitrogens with two attached hydrogens (primary N) is 1. The Morgan fingerprint density at radius 2 is 2.17 bits per heavy atom. The van der Waals surface area contributed by atoms with E-state index < -0.39 is 6.23 Å². The Bertz CT molecular complexity index is 278. The molecule has 3 nitrogen and oxygen atoms in total. The number of benzene rings is 1. The summed E-state index contributed by atoms with van der Waals surface area (Å²) >= 11 is 5.77. The van der Waals surface area contributed by atoms with Gasteiger partial charge in [0.05, 0.1) is 0 Å². The second kappa shape index (κ2) is 4.09. The van der Waals surface area contributed by atoms with Crippen molar-refractivity contribution in [3.05, 3.63) is 34.9 Å². The van der Waals surface area contributed by atoms with E-state index in [-0.39, 0.29) is 0 Å². The molecule has 4 heteroatoms. The molecule has 0 aliphatic carbocycles. The molecule has 0 bridgehead atoms. The third-order valence-electron chi connectivity index (χ3n) is 1.39. The third-order valence-corrected chi connectivity index (χ3v) is 1.73. The smallest absolute Gasteiger partial charge is 0.419 e. The number of carbonyl (C=O) groups excluding carboxylic acids is 1. The molecule has 12 heavy (non-hydrogen) atoms. The highest BCUT2D eigenvalue weighted by Gasteiger charge is 2.09. The lowest BCUT2D eigenvalue weighted by atomic mass is 10.2. The monoisotopic (exact) mass is 184 g/mol. The molecule has 0 amide bonds. The summed E-state index contributed by atoms with van der Waals surface area (Å²) in [5, 5.41) is 0.472. The molecule has 1 atom stereocenters. The van der Waals surface area contributed by atoms with Crippen molar-refractivity contribution in [2.45, 2.75) is 6.23 Å². The number of ether oxygens (including phenoxy) is 1. The van der Waals surface area contributed by atoms with Gasteiger partial charge < -0.3 is 4.74 Å². The minimum Gasteiger partial charge on any atom is -0.434 e. The van der Waals surface area contributed by atoms with Crippen LogP contribution in [0.3, 0.4) is 0 Å². The summed E-state index contributed by atoms with van der Waals surface area (Å²) in [5.74, 6) is 0. The molecule has 2 N–H and O–H groups in total. The highest BCUT2D eigenvalue weighted by molar-refractivity contribution is 6.31. The van der Waals surface area contributed by atoms with Gasteiger partial charge in [-0.25, -0.2) is 4.79 Å².